The molecule has 0 aliphatic rings. The molecule has 0 radical (unpaired) electrons. The van der Waals surface area contributed by atoms with Crippen LogP contribution in [0.15, 0.2) is 12.1 Å². The van der Waals surface area contributed by atoms with Crippen LogP contribution in [0.1, 0.15) is 29.7 Å². The highest BCUT2D eigenvalue weighted by molar-refractivity contribution is 5.85. The van der Waals surface area contributed by atoms with E-state index in [1.165, 1.54) is 19.1 Å². The number of alkyl halides is 2. The van der Waals surface area contributed by atoms with Crippen molar-refractivity contribution in [1.82, 2.24) is 0 Å². The van der Waals surface area contributed by atoms with Crippen molar-refractivity contribution in [3.05, 3.63) is 28.8 Å². The van der Waals surface area contributed by atoms with E-state index in [2.05, 4.69) is 4.74 Å². The second-order valence-corrected chi connectivity index (χ2v) is 4.31. The number of aryl methyl sites for hydroxylation is 2. The molecule has 1 rings (SSSR count). The van der Waals surface area contributed by atoms with Gasteiger partial charge in [-0.25, -0.2) is 4.79 Å². The first-order valence-corrected chi connectivity index (χ1v) is 5.82. The zero-order valence-electron chi connectivity index (χ0n) is 11.4. The SMILES string of the molecule is CCOC(=O)C(F)(F)[C@H](N)c1c(C)cc(O)cc1C.Cl. The monoisotopic (exact) mass is 309 g/mol. The van der Waals surface area contributed by atoms with Crippen LogP contribution in [0.25, 0.3) is 0 Å². The number of phenolic OH excluding ortho intramolecular Hbond substituents is 1. The quantitative estimate of drug-likeness (QED) is 0.839. The number of phenols is 1. The Labute approximate surface area is 122 Å². The third-order valence-electron chi connectivity index (χ3n) is 2.83. The van der Waals surface area contributed by atoms with Crippen LogP contribution in [0.5, 0.6) is 5.75 Å². The van der Waals surface area contributed by atoms with Gasteiger partial charge in [0.15, 0.2) is 0 Å². The summed E-state index contributed by atoms with van der Waals surface area (Å²) in [6, 6.07) is 0.833. The first kappa shape index (κ1) is 18.6. The summed E-state index contributed by atoms with van der Waals surface area (Å²) in [6.07, 6.45) is 0. The van der Waals surface area contributed by atoms with Gasteiger partial charge in [0.25, 0.3) is 0 Å². The molecule has 0 unspecified atom stereocenters. The van der Waals surface area contributed by atoms with Gasteiger partial charge >= 0.3 is 11.9 Å². The molecule has 1 aromatic rings. The van der Waals surface area contributed by atoms with Gasteiger partial charge in [-0.3, -0.25) is 0 Å². The Bertz CT molecular complexity index is 471. The van der Waals surface area contributed by atoms with Gasteiger partial charge in [0, 0.05) is 0 Å². The first-order chi connectivity index (χ1) is 8.71. The Morgan fingerprint density at radius 3 is 2.25 bits per heavy atom. The van der Waals surface area contributed by atoms with E-state index in [-0.39, 0.29) is 30.3 Å². The number of nitrogens with two attached hydrogens (primary N) is 1. The highest BCUT2D eigenvalue weighted by Crippen LogP contribution is 2.35. The van der Waals surface area contributed by atoms with Crippen molar-refractivity contribution in [2.45, 2.75) is 32.7 Å². The van der Waals surface area contributed by atoms with Crippen molar-refractivity contribution in [3.63, 3.8) is 0 Å². The van der Waals surface area contributed by atoms with Gasteiger partial charge in [0.2, 0.25) is 0 Å². The summed E-state index contributed by atoms with van der Waals surface area (Å²) in [5, 5.41) is 9.38. The van der Waals surface area contributed by atoms with Crippen LogP contribution in [-0.2, 0) is 9.53 Å². The molecule has 7 heteroatoms. The highest BCUT2D eigenvalue weighted by atomic mass is 35.5. The van der Waals surface area contributed by atoms with Crippen LogP contribution in [0.3, 0.4) is 0 Å². The van der Waals surface area contributed by atoms with Crippen molar-refractivity contribution in [1.29, 1.82) is 0 Å². The van der Waals surface area contributed by atoms with E-state index in [1.54, 1.807) is 13.8 Å². The second-order valence-electron chi connectivity index (χ2n) is 4.31. The largest absolute Gasteiger partial charge is 0.508 e. The molecule has 4 nitrogen and oxygen atoms in total. The lowest BCUT2D eigenvalue weighted by Gasteiger charge is -2.24. The number of benzene rings is 1. The minimum absolute atomic E-state index is 0. The minimum atomic E-state index is -3.82. The molecular formula is C13H18ClF2NO3. The predicted octanol–water partition coefficient (Wildman–Crippen LogP) is 2.63. The van der Waals surface area contributed by atoms with Crippen LogP contribution in [-0.4, -0.2) is 23.6 Å². The van der Waals surface area contributed by atoms with Crippen molar-refractivity contribution < 1.29 is 23.4 Å². The second kappa shape index (κ2) is 6.85. The average molecular weight is 310 g/mol. The fourth-order valence-corrected chi connectivity index (χ4v) is 1.98. The standard InChI is InChI=1S/C13H17F2NO3.ClH/c1-4-19-12(18)13(14,15)11(16)10-7(2)5-9(17)6-8(10)3;/h5-6,11,17H,4,16H2,1-3H3;1H/t11-;/m1./s1. The zero-order valence-corrected chi connectivity index (χ0v) is 12.3. The smallest absolute Gasteiger partial charge is 0.379 e. The van der Waals surface area contributed by atoms with Gasteiger partial charge in [-0.05, 0) is 49.6 Å². The van der Waals surface area contributed by atoms with E-state index in [0.29, 0.717) is 11.1 Å². The Morgan fingerprint density at radius 2 is 1.85 bits per heavy atom. The van der Waals surface area contributed by atoms with Crippen LogP contribution >= 0.6 is 12.4 Å². The summed E-state index contributed by atoms with van der Waals surface area (Å²) < 4.78 is 32.1. The zero-order chi connectivity index (χ0) is 14.8. The minimum Gasteiger partial charge on any atom is -0.508 e. The summed E-state index contributed by atoms with van der Waals surface area (Å²) in [6.45, 7) is 4.39. The number of esters is 1. The fraction of sp³-hybridized carbons (Fsp3) is 0.462. The molecule has 0 bridgehead atoms. The maximum Gasteiger partial charge on any atom is 0.379 e. The molecule has 0 amide bonds. The number of halogens is 3. The van der Waals surface area contributed by atoms with Gasteiger partial charge in [-0.1, -0.05) is 0 Å². The third-order valence-corrected chi connectivity index (χ3v) is 2.83. The average Bonchev–Trinajstić information content (AvgIpc) is 2.27. The number of ether oxygens (including phenoxy) is 1. The molecule has 0 heterocycles. The van der Waals surface area contributed by atoms with E-state index in [0.717, 1.165) is 0 Å². The Kier molecular flexibility index (Phi) is 6.37. The molecule has 0 aliphatic heterocycles. The molecule has 0 aromatic heterocycles. The molecule has 0 saturated carbocycles. The van der Waals surface area contributed by atoms with Crippen LogP contribution in [0, 0.1) is 13.8 Å². The third kappa shape index (κ3) is 3.58. The van der Waals surface area contributed by atoms with E-state index in [1.807, 2.05) is 0 Å². The van der Waals surface area contributed by atoms with Crippen molar-refractivity contribution in [2.75, 3.05) is 6.61 Å². The van der Waals surface area contributed by atoms with E-state index in [9.17, 15) is 18.7 Å². The maximum absolute atomic E-state index is 13.9. The van der Waals surface area contributed by atoms with Crippen LogP contribution < -0.4 is 5.73 Å². The van der Waals surface area contributed by atoms with Gasteiger partial charge in [0.1, 0.15) is 11.8 Å². The molecule has 1 aromatic carbocycles. The van der Waals surface area contributed by atoms with Gasteiger partial charge < -0.3 is 15.6 Å². The molecule has 0 fully saturated rings. The molecule has 1 atom stereocenters. The normalized spacial score (nSPS) is 12.5. The summed E-state index contributed by atoms with van der Waals surface area (Å²) in [5.74, 6) is -5.50. The maximum atomic E-state index is 13.9. The summed E-state index contributed by atoms with van der Waals surface area (Å²) >= 11 is 0. The molecule has 0 saturated heterocycles. The first-order valence-electron chi connectivity index (χ1n) is 5.82. The summed E-state index contributed by atoms with van der Waals surface area (Å²) in [5.41, 5.74) is 6.45. The molecular weight excluding hydrogens is 292 g/mol. The Morgan fingerprint density at radius 1 is 1.40 bits per heavy atom. The highest BCUT2D eigenvalue weighted by Gasteiger charge is 2.48. The molecule has 0 spiro atoms. The predicted molar refractivity (Wildman–Crippen MR) is 73.3 cm³/mol. The van der Waals surface area contributed by atoms with E-state index < -0.39 is 17.9 Å². The molecule has 20 heavy (non-hydrogen) atoms. The summed E-state index contributed by atoms with van der Waals surface area (Å²) in [4.78, 5) is 11.3. The van der Waals surface area contributed by atoms with Crippen LogP contribution in [0.2, 0.25) is 0 Å². The molecule has 3 N–H and O–H groups in total. The number of carbonyl (C=O) groups is 1. The van der Waals surface area contributed by atoms with E-state index >= 15 is 0 Å². The topological polar surface area (TPSA) is 72.5 Å². The Balaban J connectivity index is 0.00000361. The molecule has 0 aliphatic carbocycles. The van der Waals surface area contributed by atoms with Crippen molar-refractivity contribution >= 4 is 18.4 Å². The lowest BCUT2D eigenvalue weighted by atomic mass is 9.92. The van der Waals surface area contributed by atoms with Gasteiger partial charge in [-0.2, -0.15) is 8.78 Å². The number of hydrogen-bond acceptors (Lipinski definition) is 4. The van der Waals surface area contributed by atoms with E-state index in [4.69, 9.17) is 5.73 Å². The van der Waals surface area contributed by atoms with Gasteiger partial charge in [0.05, 0.1) is 6.61 Å². The van der Waals surface area contributed by atoms with Gasteiger partial charge in [-0.15, -0.1) is 12.4 Å². The number of aromatic hydroxyl groups is 1. The van der Waals surface area contributed by atoms with Crippen molar-refractivity contribution in [2.24, 2.45) is 5.73 Å². The fourth-order valence-electron chi connectivity index (χ4n) is 1.98. The van der Waals surface area contributed by atoms with Crippen LogP contribution in [0.4, 0.5) is 8.78 Å². The lowest BCUT2D eigenvalue weighted by molar-refractivity contribution is -0.174. The number of hydrogen-bond donors (Lipinski definition) is 2. The Hall–Kier alpha value is -1.40. The van der Waals surface area contributed by atoms with Crippen molar-refractivity contribution in [3.8, 4) is 5.75 Å². The summed E-state index contributed by atoms with van der Waals surface area (Å²) in [7, 11) is 0. The molecule has 114 valence electrons. The lowest BCUT2D eigenvalue weighted by Crippen LogP contribution is -2.42. The number of rotatable bonds is 4. The number of carbonyl (C=O) groups excluding carboxylic acids is 1.